The topological polar surface area (TPSA) is 44.8 Å². The molecular weight excluding hydrogens is 303 g/mol. The Bertz CT molecular complexity index is 636. The largest absolute Gasteiger partial charge is 0.500 e. The molecule has 0 unspecified atom stereocenters. The molecule has 1 rings (SSSR count). The summed E-state index contributed by atoms with van der Waals surface area (Å²) in [6, 6.07) is 4.24. The van der Waals surface area contributed by atoms with Crippen LogP contribution in [0.5, 0.6) is 5.75 Å². The van der Waals surface area contributed by atoms with Gasteiger partial charge in [0.05, 0.1) is 14.2 Å². The Hall–Kier alpha value is -2.26. The second-order valence-electron chi connectivity index (χ2n) is 5.46. The Morgan fingerprint density at radius 1 is 1.27 bits per heavy atom. The molecule has 1 aromatic rings. The fraction of sp³-hybridized carbons (Fsp3) is 0.312. The molecule has 0 aromatic heterocycles. The molecule has 0 aliphatic heterocycles. The van der Waals surface area contributed by atoms with Crippen molar-refractivity contribution >= 4 is 14.0 Å². The van der Waals surface area contributed by atoms with Crippen LogP contribution in [0, 0.1) is 17.3 Å². The van der Waals surface area contributed by atoms with Crippen LogP contribution in [0.25, 0.3) is 0 Å². The van der Waals surface area contributed by atoms with Crippen LogP contribution in [0.15, 0.2) is 30.2 Å². The summed E-state index contributed by atoms with van der Waals surface area (Å²) in [5.41, 5.74) is 3.79. The molecule has 0 saturated heterocycles. The standard InChI is InChI=1S/C16H19FO4Si/c1-19-11-15(16(18)20-2)21-14-10-12(6-7-13(14)17)8-9-22(3,4)5/h6-7,10-11H,1-5H3/b15-11-. The van der Waals surface area contributed by atoms with E-state index in [1.807, 2.05) is 0 Å². The van der Waals surface area contributed by atoms with Crippen molar-refractivity contribution < 1.29 is 23.4 Å². The zero-order valence-corrected chi connectivity index (χ0v) is 14.3. The zero-order valence-electron chi connectivity index (χ0n) is 13.3. The first kappa shape index (κ1) is 17.8. The normalized spacial score (nSPS) is 11.3. The van der Waals surface area contributed by atoms with Crippen molar-refractivity contribution in [1.82, 2.24) is 0 Å². The van der Waals surface area contributed by atoms with E-state index in [2.05, 4.69) is 35.8 Å². The summed E-state index contributed by atoms with van der Waals surface area (Å²) in [6.45, 7) is 6.33. The van der Waals surface area contributed by atoms with Crippen molar-refractivity contribution in [2.24, 2.45) is 0 Å². The SMILES string of the molecule is CO/C=C(\Oc1cc(C#C[Si](C)(C)C)ccc1F)C(=O)OC. The van der Waals surface area contributed by atoms with Gasteiger partial charge in [0.25, 0.3) is 0 Å². The van der Waals surface area contributed by atoms with E-state index >= 15 is 0 Å². The fourth-order valence-corrected chi connectivity index (χ4v) is 1.88. The second-order valence-corrected chi connectivity index (χ2v) is 10.2. The van der Waals surface area contributed by atoms with Gasteiger partial charge in [0, 0.05) is 5.56 Å². The van der Waals surface area contributed by atoms with Crippen molar-refractivity contribution in [3.8, 4) is 17.2 Å². The van der Waals surface area contributed by atoms with E-state index in [9.17, 15) is 9.18 Å². The highest BCUT2D eigenvalue weighted by Gasteiger charge is 2.16. The van der Waals surface area contributed by atoms with E-state index in [1.54, 1.807) is 6.07 Å². The van der Waals surface area contributed by atoms with E-state index < -0.39 is 19.9 Å². The monoisotopic (exact) mass is 322 g/mol. The number of ether oxygens (including phenoxy) is 3. The second kappa shape index (κ2) is 7.66. The molecule has 0 atom stereocenters. The molecule has 6 heteroatoms. The lowest BCUT2D eigenvalue weighted by atomic mass is 10.2. The molecule has 22 heavy (non-hydrogen) atoms. The zero-order chi connectivity index (χ0) is 16.8. The summed E-state index contributed by atoms with van der Waals surface area (Å²) in [5, 5.41) is 0. The smallest absolute Gasteiger partial charge is 0.377 e. The summed E-state index contributed by atoms with van der Waals surface area (Å²) in [4.78, 5) is 11.5. The molecule has 0 N–H and O–H groups in total. The quantitative estimate of drug-likeness (QED) is 0.281. The summed E-state index contributed by atoms with van der Waals surface area (Å²) >= 11 is 0. The molecule has 1 aromatic carbocycles. The van der Waals surface area contributed by atoms with Crippen molar-refractivity contribution in [3.63, 3.8) is 0 Å². The Balaban J connectivity index is 3.11. The highest BCUT2D eigenvalue weighted by Crippen LogP contribution is 2.21. The Kier molecular flexibility index (Phi) is 6.19. The third-order valence-electron chi connectivity index (χ3n) is 2.34. The Labute approximate surface area is 130 Å². The minimum Gasteiger partial charge on any atom is -0.500 e. The van der Waals surface area contributed by atoms with E-state index in [0.29, 0.717) is 5.56 Å². The van der Waals surface area contributed by atoms with Crippen molar-refractivity contribution in [2.75, 3.05) is 14.2 Å². The van der Waals surface area contributed by atoms with Gasteiger partial charge in [-0.15, -0.1) is 5.54 Å². The molecule has 0 saturated carbocycles. The van der Waals surface area contributed by atoms with Crippen molar-refractivity contribution in [1.29, 1.82) is 0 Å². The summed E-state index contributed by atoms with van der Waals surface area (Å²) in [5.74, 6) is 1.26. The van der Waals surface area contributed by atoms with Gasteiger partial charge in [-0.2, -0.15) is 0 Å². The predicted molar refractivity (Wildman–Crippen MR) is 84.4 cm³/mol. The van der Waals surface area contributed by atoms with Gasteiger partial charge in [0.15, 0.2) is 11.6 Å². The number of carbonyl (C=O) groups excluding carboxylic acids is 1. The van der Waals surface area contributed by atoms with Gasteiger partial charge in [0.1, 0.15) is 14.3 Å². The van der Waals surface area contributed by atoms with Crippen LogP contribution in [-0.2, 0) is 14.3 Å². The maximum Gasteiger partial charge on any atom is 0.377 e. The Morgan fingerprint density at radius 2 is 1.95 bits per heavy atom. The number of hydrogen-bond donors (Lipinski definition) is 0. The van der Waals surface area contributed by atoms with Gasteiger partial charge >= 0.3 is 5.97 Å². The minimum absolute atomic E-state index is 0.115. The van der Waals surface area contributed by atoms with Crippen molar-refractivity contribution in [3.05, 3.63) is 41.6 Å². The van der Waals surface area contributed by atoms with Gasteiger partial charge in [-0.3, -0.25) is 0 Å². The van der Waals surface area contributed by atoms with Gasteiger partial charge in [-0.1, -0.05) is 25.6 Å². The number of esters is 1. The first-order chi connectivity index (χ1) is 10.3. The minimum atomic E-state index is -1.54. The Morgan fingerprint density at radius 3 is 2.50 bits per heavy atom. The van der Waals surface area contributed by atoms with Crippen molar-refractivity contribution in [2.45, 2.75) is 19.6 Å². The van der Waals surface area contributed by atoms with Gasteiger partial charge in [-0.25, -0.2) is 9.18 Å². The first-order valence-corrected chi connectivity index (χ1v) is 10.1. The molecular formula is C16H19FO4Si. The number of benzene rings is 1. The molecule has 0 spiro atoms. The van der Waals surface area contributed by atoms with Crippen LogP contribution in [0.4, 0.5) is 4.39 Å². The highest BCUT2D eigenvalue weighted by molar-refractivity contribution is 6.83. The predicted octanol–water partition coefficient (Wildman–Crippen LogP) is 3.09. The average molecular weight is 322 g/mol. The highest BCUT2D eigenvalue weighted by atomic mass is 28.3. The third kappa shape index (κ3) is 5.62. The van der Waals surface area contributed by atoms with Gasteiger partial charge in [0.2, 0.25) is 5.76 Å². The maximum atomic E-state index is 13.8. The van der Waals surface area contributed by atoms with Gasteiger partial charge < -0.3 is 14.2 Å². The summed E-state index contributed by atoms with van der Waals surface area (Å²) < 4.78 is 28.3. The molecule has 4 nitrogen and oxygen atoms in total. The number of rotatable bonds is 4. The lowest BCUT2D eigenvalue weighted by Crippen LogP contribution is -2.16. The number of halogens is 1. The van der Waals surface area contributed by atoms with E-state index in [-0.39, 0.29) is 11.5 Å². The lowest BCUT2D eigenvalue weighted by molar-refractivity contribution is -0.138. The molecule has 0 aliphatic carbocycles. The van der Waals surface area contributed by atoms with E-state index in [1.165, 1.54) is 26.4 Å². The van der Waals surface area contributed by atoms with E-state index in [4.69, 9.17) is 9.47 Å². The third-order valence-corrected chi connectivity index (χ3v) is 3.22. The van der Waals surface area contributed by atoms with Crippen LogP contribution in [0.2, 0.25) is 19.6 Å². The maximum absolute atomic E-state index is 13.8. The average Bonchev–Trinajstić information content (AvgIpc) is 2.45. The summed E-state index contributed by atoms with van der Waals surface area (Å²) in [6.07, 6.45) is 1.05. The molecule has 0 aliphatic rings. The first-order valence-electron chi connectivity index (χ1n) is 6.58. The van der Waals surface area contributed by atoms with E-state index in [0.717, 1.165) is 6.26 Å². The lowest BCUT2D eigenvalue weighted by Gasteiger charge is -2.09. The molecule has 0 bridgehead atoms. The van der Waals surface area contributed by atoms with Crippen LogP contribution < -0.4 is 4.74 Å². The number of hydrogen-bond acceptors (Lipinski definition) is 4. The summed E-state index contributed by atoms with van der Waals surface area (Å²) in [7, 11) is 1.00. The molecule has 0 radical (unpaired) electrons. The van der Waals surface area contributed by atoms with Crippen LogP contribution in [-0.4, -0.2) is 28.3 Å². The van der Waals surface area contributed by atoms with Crippen LogP contribution in [0.3, 0.4) is 0 Å². The molecule has 0 heterocycles. The number of carbonyl (C=O) groups is 1. The molecule has 118 valence electrons. The van der Waals surface area contributed by atoms with Crippen LogP contribution in [0.1, 0.15) is 5.56 Å². The van der Waals surface area contributed by atoms with Crippen LogP contribution >= 0.6 is 0 Å². The number of methoxy groups -OCH3 is 2. The fourth-order valence-electron chi connectivity index (χ4n) is 1.36. The molecule has 0 amide bonds. The molecule has 0 fully saturated rings. The van der Waals surface area contributed by atoms with Gasteiger partial charge in [-0.05, 0) is 18.2 Å².